The fourth-order valence-electron chi connectivity index (χ4n) is 1.99. The van der Waals surface area contributed by atoms with Crippen LogP contribution in [0.1, 0.15) is 31.5 Å². The maximum absolute atomic E-state index is 12.3. The van der Waals surface area contributed by atoms with Gasteiger partial charge < -0.3 is 21.1 Å². The zero-order chi connectivity index (χ0) is 20.4. The Bertz CT molecular complexity index is 733. The van der Waals surface area contributed by atoms with Crippen LogP contribution in [0.4, 0.5) is 8.78 Å². The normalized spacial score (nSPS) is 12.1. The van der Waals surface area contributed by atoms with Crippen molar-refractivity contribution in [1.29, 1.82) is 0 Å². The van der Waals surface area contributed by atoms with E-state index in [2.05, 4.69) is 15.6 Å². The molecule has 4 N–H and O–H groups in total. The fraction of sp³-hybridized carbons (Fsp3) is 0.389. The van der Waals surface area contributed by atoms with Crippen LogP contribution in [0.3, 0.4) is 0 Å². The van der Waals surface area contributed by atoms with Gasteiger partial charge >= 0.3 is 0 Å². The molecular formula is C18H24F2N4O3. The minimum atomic E-state index is -2.58. The Balaban J connectivity index is 2.69. The van der Waals surface area contributed by atoms with Gasteiger partial charge in [0.15, 0.2) is 6.61 Å². The molecular weight excluding hydrogens is 358 g/mol. The second-order valence-electron chi connectivity index (χ2n) is 5.52. The Labute approximate surface area is 156 Å². The molecule has 0 aromatic carbocycles. The molecule has 2 amide bonds. The summed E-state index contributed by atoms with van der Waals surface area (Å²) in [5.41, 5.74) is 7.24. The molecule has 1 aromatic heterocycles. The number of alkyl halides is 2. The zero-order valence-corrected chi connectivity index (χ0v) is 15.5. The molecule has 148 valence electrons. The van der Waals surface area contributed by atoms with Crippen molar-refractivity contribution in [2.45, 2.75) is 40.2 Å². The van der Waals surface area contributed by atoms with Crippen LogP contribution < -0.4 is 21.1 Å². The van der Waals surface area contributed by atoms with Crippen molar-refractivity contribution >= 4 is 11.8 Å². The average molecular weight is 382 g/mol. The number of nitrogens with zero attached hydrogens (tertiary/aromatic N) is 1. The topological polar surface area (TPSA) is 106 Å². The van der Waals surface area contributed by atoms with Crippen molar-refractivity contribution in [2.75, 3.05) is 6.61 Å². The number of nitrogens with two attached hydrogens (primary N) is 1. The van der Waals surface area contributed by atoms with Gasteiger partial charge in [0.2, 0.25) is 11.8 Å². The molecule has 0 unspecified atom stereocenters. The highest BCUT2D eigenvalue weighted by atomic mass is 19.3. The Hall–Kier alpha value is -2.97. The van der Waals surface area contributed by atoms with Gasteiger partial charge in [0.1, 0.15) is 5.82 Å². The number of carbonyl (C=O) groups excluding carboxylic acids is 2. The van der Waals surface area contributed by atoms with E-state index in [9.17, 15) is 18.4 Å². The van der Waals surface area contributed by atoms with E-state index in [1.165, 1.54) is 12.1 Å². The molecule has 7 nitrogen and oxygen atoms in total. The van der Waals surface area contributed by atoms with E-state index in [0.29, 0.717) is 11.3 Å². The largest absolute Gasteiger partial charge is 0.472 e. The van der Waals surface area contributed by atoms with Gasteiger partial charge in [0.25, 0.3) is 12.3 Å². The first-order valence-corrected chi connectivity index (χ1v) is 8.35. The predicted octanol–water partition coefficient (Wildman–Crippen LogP) is 1.92. The highest BCUT2D eigenvalue weighted by molar-refractivity contribution is 5.96. The molecule has 1 rings (SSSR count). The molecule has 1 aromatic rings. The lowest BCUT2D eigenvalue weighted by atomic mass is 10.2. The van der Waals surface area contributed by atoms with Crippen molar-refractivity contribution in [2.24, 2.45) is 5.73 Å². The van der Waals surface area contributed by atoms with Crippen LogP contribution in [-0.2, 0) is 16.1 Å². The smallest absolute Gasteiger partial charge is 0.272 e. The molecule has 0 aliphatic carbocycles. The van der Waals surface area contributed by atoms with E-state index < -0.39 is 13.0 Å². The summed E-state index contributed by atoms with van der Waals surface area (Å²) in [5.74, 6) is -0.470. The van der Waals surface area contributed by atoms with Gasteiger partial charge in [0.05, 0.1) is 0 Å². The van der Waals surface area contributed by atoms with E-state index in [4.69, 9.17) is 10.5 Å². The number of halogens is 2. The fourth-order valence-corrected chi connectivity index (χ4v) is 1.99. The summed E-state index contributed by atoms with van der Waals surface area (Å²) in [5, 5.41) is 5.17. The van der Waals surface area contributed by atoms with Crippen LogP contribution in [0.2, 0.25) is 0 Å². The Morgan fingerprint density at radius 1 is 1.37 bits per heavy atom. The third-order valence-electron chi connectivity index (χ3n) is 3.46. The van der Waals surface area contributed by atoms with Gasteiger partial charge in [-0.3, -0.25) is 9.59 Å². The minimum absolute atomic E-state index is 0.0727. The number of pyridine rings is 1. The van der Waals surface area contributed by atoms with Crippen LogP contribution in [0, 0.1) is 6.92 Å². The van der Waals surface area contributed by atoms with Crippen LogP contribution in [-0.4, -0.2) is 29.8 Å². The van der Waals surface area contributed by atoms with Crippen molar-refractivity contribution < 1.29 is 23.1 Å². The third kappa shape index (κ3) is 7.85. The zero-order valence-electron chi connectivity index (χ0n) is 15.5. The second kappa shape index (κ2) is 10.9. The summed E-state index contributed by atoms with van der Waals surface area (Å²) in [6, 6.07) is 3.11. The average Bonchev–Trinajstić information content (AvgIpc) is 2.63. The van der Waals surface area contributed by atoms with Crippen LogP contribution in [0.15, 0.2) is 35.7 Å². The van der Waals surface area contributed by atoms with Gasteiger partial charge in [-0.05, 0) is 25.5 Å². The molecule has 0 fully saturated rings. The number of carbonyl (C=O) groups is 2. The molecule has 0 saturated carbocycles. The van der Waals surface area contributed by atoms with Crippen LogP contribution in [0.25, 0.3) is 0 Å². The van der Waals surface area contributed by atoms with Crippen molar-refractivity contribution in [1.82, 2.24) is 15.6 Å². The molecule has 0 spiro atoms. The minimum Gasteiger partial charge on any atom is -0.472 e. The lowest BCUT2D eigenvalue weighted by Crippen LogP contribution is -2.29. The molecule has 0 atom stereocenters. The van der Waals surface area contributed by atoms with Crippen molar-refractivity contribution in [3.63, 3.8) is 0 Å². The molecule has 1 heterocycles. The molecule has 27 heavy (non-hydrogen) atoms. The lowest BCUT2D eigenvalue weighted by molar-refractivity contribution is -0.120. The molecule has 9 heteroatoms. The standard InChI is InChI=1S/C18H24F2N4O3/c1-4-12(8-15(21)24-16(25)5-2)18(26)22-9-13-6-7-17(23-11(13)3)27-10-14(19)20/h4,6-8,14H,5,9-10,21H2,1-3H3,(H,22,26)(H,24,25)/b12-4+,15-8+. The number of rotatable bonds is 9. The monoisotopic (exact) mass is 382 g/mol. The van der Waals surface area contributed by atoms with Gasteiger partial charge in [-0.2, -0.15) is 0 Å². The molecule has 0 radical (unpaired) electrons. The predicted molar refractivity (Wildman–Crippen MR) is 96.8 cm³/mol. The first kappa shape index (κ1) is 22.1. The van der Waals surface area contributed by atoms with Gasteiger partial charge in [-0.25, -0.2) is 13.8 Å². The first-order chi connectivity index (χ1) is 12.8. The quantitative estimate of drug-likeness (QED) is 0.447. The maximum Gasteiger partial charge on any atom is 0.272 e. The van der Waals surface area contributed by atoms with Crippen LogP contribution >= 0.6 is 0 Å². The van der Waals surface area contributed by atoms with Crippen molar-refractivity contribution in [3.8, 4) is 5.88 Å². The number of allylic oxidation sites excluding steroid dienone is 1. The number of nitrogens with one attached hydrogen (secondary N) is 2. The van der Waals surface area contributed by atoms with Crippen LogP contribution in [0.5, 0.6) is 5.88 Å². The van der Waals surface area contributed by atoms with E-state index >= 15 is 0 Å². The highest BCUT2D eigenvalue weighted by Crippen LogP contribution is 2.13. The Morgan fingerprint density at radius 2 is 2.07 bits per heavy atom. The molecule has 0 aliphatic heterocycles. The van der Waals surface area contributed by atoms with E-state index in [0.717, 1.165) is 0 Å². The first-order valence-electron chi connectivity index (χ1n) is 8.35. The lowest BCUT2D eigenvalue weighted by Gasteiger charge is -2.11. The molecule has 0 saturated heterocycles. The summed E-state index contributed by atoms with van der Waals surface area (Å²) >= 11 is 0. The van der Waals surface area contributed by atoms with Crippen molar-refractivity contribution in [3.05, 3.63) is 46.9 Å². The van der Waals surface area contributed by atoms with Gasteiger partial charge in [0, 0.05) is 30.3 Å². The number of aryl methyl sites for hydroxylation is 1. The summed E-state index contributed by atoms with van der Waals surface area (Å²) in [7, 11) is 0. The number of hydrogen-bond donors (Lipinski definition) is 3. The van der Waals surface area contributed by atoms with Gasteiger partial charge in [-0.1, -0.05) is 19.1 Å². The van der Waals surface area contributed by atoms with E-state index in [1.807, 2.05) is 0 Å². The third-order valence-corrected chi connectivity index (χ3v) is 3.46. The summed E-state index contributed by atoms with van der Waals surface area (Å²) in [4.78, 5) is 27.7. The SMILES string of the molecule is C/C=C(\C=C(/N)NC(=O)CC)C(=O)NCc1ccc(OCC(F)F)nc1C. The molecule has 0 aliphatic rings. The maximum atomic E-state index is 12.3. The second-order valence-corrected chi connectivity index (χ2v) is 5.52. The number of amides is 2. The Kier molecular flexibility index (Phi) is 8.91. The summed E-state index contributed by atoms with van der Waals surface area (Å²) < 4.78 is 29.2. The number of hydrogen-bond acceptors (Lipinski definition) is 5. The molecule has 0 bridgehead atoms. The highest BCUT2D eigenvalue weighted by Gasteiger charge is 2.10. The number of aromatic nitrogens is 1. The van der Waals surface area contributed by atoms with E-state index in [1.54, 1.807) is 32.9 Å². The Morgan fingerprint density at radius 3 is 2.63 bits per heavy atom. The summed E-state index contributed by atoms with van der Waals surface area (Å²) in [6.07, 6.45) is 0.630. The van der Waals surface area contributed by atoms with E-state index in [-0.39, 0.29) is 42.1 Å². The van der Waals surface area contributed by atoms with Gasteiger partial charge in [-0.15, -0.1) is 0 Å². The summed E-state index contributed by atoms with van der Waals surface area (Å²) in [6.45, 7) is 4.49. The number of ether oxygens (including phenoxy) is 1.